The maximum atomic E-state index is 12.3. The van der Waals surface area contributed by atoms with Crippen molar-refractivity contribution in [1.29, 1.82) is 0 Å². The van der Waals surface area contributed by atoms with Gasteiger partial charge in [0.15, 0.2) is 23.0 Å². The molecule has 3 aromatic carbocycles. The van der Waals surface area contributed by atoms with Crippen LogP contribution >= 0.6 is 0 Å². The summed E-state index contributed by atoms with van der Waals surface area (Å²) in [4.78, 5) is 24.6. The molecule has 3 aromatic rings. The van der Waals surface area contributed by atoms with Crippen LogP contribution in [0.3, 0.4) is 0 Å². The molecule has 0 saturated heterocycles. The van der Waals surface area contributed by atoms with Crippen molar-refractivity contribution in [3.8, 4) is 23.0 Å². The predicted molar refractivity (Wildman–Crippen MR) is 141 cm³/mol. The normalized spacial score (nSPS) is 10.8. The molecule has 2 N–H and O–H groups in total. The van der Waals surface area contributed by atoms with Crippen LogP contribution < -0.4 is 29.6 Å². The molecule has 0 aliphatic rings. The van der Waals surface area contributed by atoms with E-state index < -0.39 is 0 Å². The van der Waals surface area contributed by atoms with E-state index in [0.717, 1.165) is 11.1 Å². The number of rotatable bonds is 10. The number of hydrogen-bond acceptors (Lipinski definition) is 6. The molecule has 0 unspecified atom stereocenters. The molecule has 8 nitrogen and oxygen atoms in total. The van der Waals surface area contributed by atoms with E-state index >= 15 is 0 Å². The van der Waals surface area contributed by atoms with Gasteiger partial charge in [-0.15, -0.1) is 0 Å². The van der Waals surface area contributed by atoms with Crippen molar-refractivity contribution in [3.05, 3.63) is 83.9 Å². The Labute approximate surface area is 210 Å². The van der Waals surface area contributed by atoms with Gasteiger partial charge in [0.05, 0.1) is 28.4 Å². The predicted octanol–water partition coefficient (Wildman–Crippen LogP) is 5.02. The fourth-order valence-corrected chi connectivity index (χ4v) is 3.26. The van der Waals surface area contributed by atoms with Crippen molar-refractivity contribution < 1.29 is 28.5 Å². The summed E-state index contributed by atoms with van der Waals surface area (Å²) in [5.74, 6) is 1.80. The van der Waals surface area contributed by atoms with Gasteiger partial charge in [0.25, 0.3) is 0 Å². The topological polar surface area (TPSA) is 95.1 Å². The Hall–Kier alpha value is -4.72. The van der Waals surface area contributed by atoms with Gasteiger partial charge in [0.1, 0.15) is 0 Å². The van der Waals surface area contributed by atoms with Crippen molar-refractivity contribution >= 4 is 35.3 Å². The van der Waals surface area contributed by atoms with Crippen LogP contribution in [0.2, 0.25) is 0 Å². The lowest BCUT2D eigenvalue weighted by Crippen LogP contribution is -2.09. The van der Waals surface area contributed by atoms with Gasteiger partial charge in [0.2, 0.25) is 11.8 Å². The average Bonchev–Trinajstić information content (AvgIpc) is 2.91. The molecule has 2 amide bonds. The van der Waals surface area contributed by atoms with Crippen LogP contribution in [0.15, 0.2) is 72.8 Å². The Morgan fingerprint density at radius 1 is 0.556 bits per heavy atom. The molecule has 0 heterocycles. The summed E-state index contributed by atoms with van der Waals surface area (Å²) in [6.07, 6.45) is 6.21. The molecule has 0 aromatic heterocycles. The van der Waals surface area contributed by atoms with Crippen molar-refractivity contribution in [3.63, 3.8) is 0 Å². The Morgan fingerprint density at radius 2 is 0.917 bits per heavy atom. The van der Waals surface area contributed by atoms with Crippen LogP contribution in [0.25, 0.3) is 12.2 Å². The molecule has 0 aliphatic heterocycles. The number of nitrogens with one attached hydrogen (secondary N) is 2. The lowest BCUT2D eigenvalue weighted by Gasteiger charge is -2.08. The minimum absolute atomic E-state index is 0.292. The van der Waals surface area contributed by atoms with E-state index in [1.807, 2.05) is 12.1 Å². The number of hydrogen-bond donors (Lipinski definition) is 2. The number of anilines is 2. The van der Waals surface area contributed by atoms with Crippen molar-refractivity contribution in [2.45, 2.75) is 0 Å². The van der Waals surface area contributed by atoms with E-state index in [0.29, 0.717) is 34.4 Å². The summed E-state index contributed by atoms with van der Waals surface area (Å²) in [6.45, 7) is 0. The maximum Gasteiger partial charge on any atom is 0.248 e. The van der Waals surface area contributed by atoms with Crippen molar-refractivity contribution in [1.82, 2.24) is 0 Å². The van der Waals surface area contributed by atoms with Crippen LogP contribution in [-0.4, -0.2) is 40.3 Å². The highest BCUT2D eigenvalue weighted by molar-refractivity contribution is 6.03. The van der Waals surface area contributed by atoms with Gasteiger partial charge in [-0.1, -0.05) is 12.1 Å². The number of ether oxygens (including phenoxy) is 4. The van der Waals surface area contributed by atoms with Gasteiger partial charge >= 0.3 is 0 Å². The molecule has 0 spiro atoms. The second kappa shape index (κ2) is 12.7. The summed E-state index contributed by atoms with van der Waals surface area (Å²) >= 11 is 0. The largest absolute Gasteiger partial charge is 0.493 e. The van der Waals surface area contributed by atoms with Gasteiger partial charge in [0, 0.05) is 23.5 Å². The molecule has 0 radical (unpaired) electrons. The van der Waals surface area contributed by atoms with Gasteiger partial charge in [-0.3, -0.25) is 9.59 Å². The number of benzene rings is 3. The smallest absolute Gasteiger partial charge is 0.248 e. The zero-order chi connectivity index (χ0) is 25.9. The Morgan fingerprint density at radius 3 is 1.25 bits per heavy atom. The first-order valence-electron chi connectivity index (χ1n) is 11.0. The van der Waals surface area contributed by atoms with E-state index in [-0.39, 0.29) is 11.8 Å². The molecular formula is C28H28N2O6. The molecule has 0 saturated carbocycles. The van der Waals surface area contributed by atoms with Crippen molar-refractivity contribution in [2.24, 2.45) is 0 Å². The molecule has 3 rings (SSSR count). The monoisotopic (exact) mass is 488 g/mol. The second-order valence-corrected chi connectivity index (χ2v) is 7.45. The average molecular weight is 489 g/mol. The zero-order valence-electron chi connectivity index (χ0n) is 20.5. The van der Waals surface area contributed by atoms with Crippen LogP contribution in [0, 0.1) is 0 Å². The zero-order valence-corrected chi connectivity index (χ0v) is 20.5. The quantitative estimate of drug-likeness (QED) is 0.389. The standard InChI is InChI=1S/C28H28N2O6/c1-33-23-13-5-19(17-25(23)35-3)7-15-27(31)29-21-9-11-22(12-10-21)30-28(32)16-8-20-6-14-24(34-2)26(18-20)36-4/h5-18H,1-4H3,(H,29,31)(H,30,32). The summed E-state index contributed by atoms with van der Waals surface area (Å²) < 4.78 is 21.0. The summed E-state index contributed by atoms with van der Waals surface area (Å²) in [7, 11) is 6.24. The SMILES string of the molecule is COc1ccc(C=CC(=O)Nc2ccc(NC(=O)C=Cc3ccc(OC)c(OC)c3)cc2)cc1OC. The Kier molecular flexibility index (Phi) is 9.11. The molecule has 8 heteroatoms. The highest BCUT2D eigenvalue weighted by Crippen LogP contribution is 2.29. The number of amides is 2. The molecule has 0 aliphatic carbocycles. The van der Waals surface area contributed by atoms with Crippen LogP contribution in [0.1, 0.15) is 11.1 Å². The van der Waals surface area contributed by atoms with Gasteiger partial charge in [-0.2, -0.15) is 0 Å². The first-order valence-corrected chi connectivity index (χ1v) is 11.0. The molecular weight excluding hydrogens is 460 g/mol. The van der Waals surface area contributed by atoms with E-state index in [9.17, 15) is 9.59 Å². The van der Waals surface area contributed by atoms with Gasteiger partial charge in [-0.25, -0.2) is 0 Å². The van der Waals surface area contributed by atoms with E-state index in [1.54, 1.807) is 89.1 Å². The lowest BCUT2D eigenvalue weighted by molar-refractivity contribution is -0.112. The first kappa shape index (κ1) is 25.9. The van der Waals surface area contributed by atoms with E-state index in [2.05, 4.69) is 10.6 Å². The molecule has 36 heavy (non-hydrogen) atoms. The second-order valence-electron chi connectivity index (χ2n) is 7.45. The Bertz CT molecular complexity index is 1170. The minimum atomic E-state index is -0.292. The number of carbonyl (C=O) groups excluding carboxylic acids is 2. The van der Waals surface area contributed by atoms with Gasteiger partial charge in [-0.05, 0) is 71.8 Å². The summed E-state index contributed by atoms with van der Waals surface area (Å²) in [5, 5.41) is 5.56. The van der Waals surface area contributed by atoms with Crippen LogP contribution in [0.4, 0.5) is 11.4 Å². The third-order valence-corrected chi connectivity index (χ3v) is 5.09. The maximum absolute atomic E-state index is 12.3. The molecule has 186 valence electrons. The lowest BCUT2D eigenvalue weighted by atomic mass is 10.2. The first-order chi connectivity index (χ1) is 17.4. The minimum Gasteiger partial charge on any atom is -0.493 e. The van der Waals surface area contributed by atoms with E-state index in [1.165, 1.54) is 12.2 Å². The van der Waals surface area contributed by atoms with Crippen LogP contribution in [-0.2, 0) is 9.59 Å². The van der Waals surface area contributed by atoms with Crippen molar-refractivity contribution in [2.75, 3.05) is 39.1 Å². The fraction of sp³-hybridized carbons (Fsp3) is 0.143. The highest BCUT2D eigenvalue weighted by atomic mass is 16.5. The summed E-state index contributed by atoms with van der Waals surface area (Å²) in [5.41, 5.74) is 2.77. The fourth-order valence-electron chi connectivity index (χ4n) is 3.26. The third kappa shape index (κ3) is 7.14. The molecule has 0 fully saturated rings. The summed E-state index contributed by atoms with van der Waals surface area (Å²) in [6, 6.07) is 17.6. The van der Waals surface area contributed by atoms with E-state index in [4.69, 9.17) is 18.9 Å². The third-order valence-electron chi connectivity index (χ3n) is 5.09. The molecule has 0 atom stereocenters. The molecule has 0 bridgehead atoms. The number of carbonyl (C=O) groups is 2. The Balaban J connectivity index is 1.54. The highest BCUT2D eigenvalue weighted by Gasteiger charge is 2.05. The van der Waals surface area contributed by atoms with Crippen LogP contribution in [0.5, 0.6) is 23.0 Å². The number of methoxy groups -OCH3 is 4. The van der Waals surface area contributed by atoms with Gasteiger partial charge < -0.3 is 29.6 Å².